The van der Waals surface area contributed by atoms with Crippen molar-refractivity contribution in [1.29, 1.82) is 0 Å². The summed E-state index contributed by atoms with van der Waals surface area (Å²) in [7, 11) is 0. The first-order chi connectivity index (χ1) is 7.16. The van der Waals surface area contributed by atoms with Gasteiger partial charge in [-0.15, -0.1) is 0 Å². The van der Waals surface area contributed by atoms with Crippen molar-refractivity contribution in [3.8, 4) is 0 Å². The Morgan fingerprint density at radius 1 is 1.06 bits per heavy atom. The molecule has 2 radical (unpaired) electrons. The normalized spacial score (nSPS) is 11.1. The summed E-state index contributed by atoms with van der Waals surface area (Å²) < 4.78 is 2.09. The predicted octanol–water partition coefficient (Wildman–Crippen LogP) is 2.45. The summed E-state index contributed by atoms with van der Waals surface area (Å²) in [5, 5.41) is 16.1. The Kier molecular flexibility index (Phi) is 10.8. The molecule has 92 valence electrons. The van der Waals surface area contributed by atoms with Gasteiger partial charge in [-0.3, -0.25) is 0 Å². The van der Waals surface area contributed by atoms with Gasteiger partial charge in [-0.1, -0.05) is 0 Å². The van der Waals surface area contributed by atoms with Gasteiger partial charge in [0.25, 0.3) is 0 Å². The van der Waals surface area contributed by atoms with Gasteiger partial charge in [-0.05, 0) is 6.92 Å². The van der Waals surface area contributed by atoms with E-state index in [1.54, 1.807) is 0 Å². The van der Waals surface area contributed by atoms with Crippen LogP contribution in [0.1, 0.15) is 34.6 Å². The van der Waals surface area contributed by atoms with Crippen LogP contribution in [0, 0.1) is 0 Å². The van der Waals surface area contributed by atoms with Crippen LogP contribution in [0.15, 0.2) is 11.6 Å². The molecule has 0 atom stereocenters. The molecule has 0 aromatic heterocycles. The first kappa shape index (κ1) is 17.9. The van der Waals surface area contributed by atoms with Crippen LogP contribution in [0.3, 0.4) is 0 Å². The molecule has 0 bridgehead atoms. The molecule has 4 nitrogen and oxygen atoms in total. The third-order valence-electron chi connectivity index (χ3n) is 1.34. The molecule has 0 aliphatic heterocycles. The van der Waals surface area contributed by atoms with Crippen molar-refractivity contribution in [3.05, 3.63) is 11.6 Å². The summed E-state index contributed by atoms with van der Waals surface area (Å²) in [5.74, 6) is -2.45. The summed E-state index contributed by atoms with van der Waals surface area (Å²) in [5.41, 5.74) is -0.178. The van der Waals surface area contributed by atoms with Crippen molar-refractivity contribution in [2.24, 2.45) is 0 Å². The molecule has 0 saturated heterocycles. The van der Waals surface area contributed by atoms with Gasteiger partial charge in [0.05, 0.1) is 0 Å². The van der Waals surface area contributed by atoms with Crippen molar-refractivity contribution in [2.45, 2.75) is 42.5 Å². The van der Waals surface area contributed by atoms with Crippen molar-refractivity contribution < 1.29 is 19.8 Å². The van der Waals surface area contributed by atoms with Crippen LogP contribution in [-0.4, -0.2) is 43.3 Å². The minimum atomic E-state index is -1.24. The van der Waals surface area contributed by atoms with E-state index in [1.807, 2.05) is 0 Å². The number of rotatable bonds is 4. The molecule has 0 saturated carbocycles. The molecule has 5 heteroatoms. The summed E-state index contributed by atoms with van der Waals surface area (Å²) in [6, 6.07) is 0. The summed E-state index contributed by atoms with van der Waals surface area (Å²) in [6.45, 7) is 10.6. The van der Waals surface area contributed by atoms with Crippen LogP contribution >= 0.6 is 0 Å². The van der Waals surface area contributed by atoms with Crippen molar-refractivity contribution in [1.82, 2.24) is 0 Å². The number of carboxylic acids is 2. The molecule has 2 N–H and O–H groups in total. The molecular weight excluding hydrogens is 315 g/mol. The van der Waals surface area contributed by atoms with Crippen LogP contribution in [-0.2, 0) is 9.59 Å². The van der Waals surface area contributed by atoms with E-state index in [-0.39, 0.29) is 26.7 Å². The topological polar surface area (TPSA) is 74.6 Å². The Morgan fingerprint density at radius 3 is 1.50 bits per heavy atom. The molecule has 0 heterocycles. The van der Waals surface area contributed by atoms with Crippen molar-refractivity contribution in [2.75, 3.05) is 0 Å². The molecule has 0 aromatic rings. The SMILES string of the molecule is C/C(=C/C(=O)O)C(=O)O.C[CH](C)[Sn][CH](C)C. The quantitative estimate of drug-likeness (QED) is 0.611. The fourth-order valence-electron chi connectivity index (χ4n) is 0.914. The Morgan fingerprint density at radius 2 is 1.44 bits per heavy atom. The molecule has 0 rings (SSSR count). The number of hydrogen-bond acceptors (Lipinski definition) is 2. The number of aliphatic carboxylic acids is 2. The van der Waals surface area contributed by atoms with Crippen LogP contribution in [0.25, 0.3) is 0 Å². The molecule has 0 unspecified atom stereocenters. The van der Waals surface area contributed by atoms with E-state index in [0.717, 1.165) is 7.87 Å². The van der Waals surface area contributed by atoms with E-state index in [2.05, 4.69) is 27.7 Å². The van der Waals surface area contributed by atoms with Gasteiger partial charge in [-0.2, -0.15) is 0 Å². The first-order valence-electron chi connectivity index (χ1n) is 5.07. The van der Waals surface area contributed by atoms with Crippen LogP contribution in [0.4, 0.5) is 0 Å². The van der Waals surface area contributed by atoms with Crippen molar-refractivity contribution in [3.63, 3.8) is 0 Å². The molecule has 0 spiro atoms. The Bertz CT molecular complexity index is 251. The standard InChI is InChI=1S/C5H6O4.2C3H7.Sn/c1-3(5(8)9)2-4(6)7;2*1-3-2;/h2H,1H3,(H,6,7)(H,8,9);2*3H,1-2H3;/b3-2-;;;. The molecule has 0 amide bonds. The maximum atomic E-state index is 9.90. The molecule has 0 aliphatic rings. The second kappa shape index (κ2) is 9.69. The first-order valence-corrected chi connectivity index (χ1v) is 8.37. The zero-order valence-corrected chi connectivity index (χ0v) is 13.3. The Balaban J connectivity index is 0. The minimum absolute atomic E-state index is 0.0389. The number of hydrogen-bond donors (Lipinski definition) is 2. The van der Waals surface area contributed by atoms with Gasteiger partial charge in [0.1, 0.15) is 0 Å². The average molecular weight is 335 g/mol. The van der Waals surface area contributed by atoms with Crippen LogP contribution < -0.4 is 0 Å². The van der Waals surface area contributed by atoms with E-state index >= 15 is 0 Å². The van der Waals surface area contributed by atoms with Gasteiger partial charge >= 0.3 is 68.6 Å². The van der Waals surface area contributed by atoms with Gasteiger partial charge in [0.15, 0.2) is 0 Å². The molecule has 0 aliphatic carbocycles. The maximum absolute atomic E-state index is 9.90. The van der Waals surface area contributed by atoms with Gasteiger partial charge < -0.3 is 10.2 Å². The Labute approximate surface area is 107 Å². The van der Waals surface area contributed by atoms with Gasteiger partial charge in [-0.25, -0.2) is 9.59 Å². The number of carbonyl (C=O) groups is 2. The average Bonchev–Trinajstić information content (AvgIpc) is 2.00. The third kappa shape index (κ3) is 15.9. The summed E-state index contributed by atoms with van der Waals surface area (Å²) >= 11 is 0.0389. The predicted molar refractivity (Wildman–Crippen MR) is 65.0 cm³/mol. The van der Waals surface area contributed by atoms with Crippen molar-refractivity contribution >= 4 is 33.1 Å². The third-order valence-corrected chi connectivity index (χ3v) is 5.15. The van der Waals surface area contributed by atoms with E-state index in [4.69, 9.17) is 10.2 Å². The molecule has 0 aromatic carbocycles. The second-order valence-electron chi connectivity index (χ2n) is 3.95. The fourth-order valence-corrected chi connectivity index (χ4v) is 4.72. The van der Waals surface area contributed by atoms with Crippen LogP contribution in [0.5, 0.6) is 0 Å². The van der Waals surface area contributed by atoms with Crippen LogP contribution in [0.2, 0.25) is 7.87 Å². The van der Waals surface area contributed by atoms with Gasteiger partial charge in [0.2, 0.25) is 0 Å². The molecular formula is C11H20O4Sn. The summed E-state index contributed by atoms with van der Waals surface area (Å²) in [6.07, 6.45) is 0.641. The van der Waals surface area contributed by atoms with Gasteiger partial charge in [0, 0.05) is 11.6 Å². The Hall–Kier alpha value is -0.521. The zero-order valence-electron chi connectivity index (χ0n) is 10.4. The summed E-state index contributed by atoms with van der Waals surface area (Å²) in [4.78, 5) is 19.7. The monoisotopic (exact) mass is 336 g/mol. The van der Waals surface area contributed by atoms with E-state index in [9.17, 15) is 9.59 Å². The number of carboxylic acid groups (broad SMARTS) is 2. The van der Waals surface area contributed by atoms with E-state index < -0.39 is 11.9 Å². The fraction of sp³-hybridized carbons (Fsp3) is 0.636. The molecule has 0 fully saturated rings. The second-order valence-corrected chi connectivity index (χ2v) is 11.5. The molecule has 16 heavy (non-hydrogen) atoms. The van der Waals surface area contributed by atoms with E-state index in [0.29, 0.717) is 6.08 Å². The van der Waals surface area contributed by atoms with E-state index in [1.165, 1.54) is 6.92 Å². The zero-order chi connectivity index (χ0) is 13.3.